The number of hydrogen-bond acceptors (Lipinski definition) is 4. The van der Waals surface area contributed by atoms with Crippen LogP contribution in [0.5, 0.6) is 0 Å². The number of nitrogens with zero attached hydrogens (tertiary/aromatic N) is 2. The fourth-order valence-electron chi connectivity index (χ4n) is 10.00. The molecule has 248 valence electrons. The Kier molecular flexibility index (Phi) is 5.73. The predicted molar refractivity (Wildman–Crippen MR) is 228 cm³/mol. The molecule has 54 heavy (non-hydrogen) atoms. The predicted octanol–water partition coefficient (Wildman–Crippen LogP) is 8.63. The average Bonchev–Trinajstić information content (AvgIpc) is 3.61. The van der Waals surface area contributed by atoms with Gasteiger partial charge in [-0.1, -0.05) is 132 Å². The maximum atomic E-state index is 6.26. The van der Waals surface area contributed by atoms with Crippen molar-refractivity contribution < 1.29 is 4.42 Å². The summed E-state index contributed by atoms with van der Waals surface area (Å²) < 4.78 is 6.26. The van der Waals surface area contributed by atoms with Gasteiger partial charge in [0.1, 0.15) is 11.2 Å². The van der Waals surface area contributed by atoms with E-state index in [1.165, 1.54) is 87.8 Å². The lowest BCUT2D eigenvalue weighted by atomic mass is 9.29. The molecule has 6 heteroatoms. The van der Waals surface area contributed by atoms with Crippen LogP contribution in [0.4, 0.5) is 34.1 Å². The van der Waals surface area contributed by atoms with E-state index in [1.54, 1.807) is 0 Å². The third-order valence-electron chi connectivity index (χ3n) is 12.1. The highest BCUT2D eigenvalue weighted by atomic mass is 32.2. The van der Waals surface area contributed by atoms with Crippen LogP contribution in [0.1, 0.15) is 0 Å². The van der Waals surface area contributed by atoms with Gasteiger partial charge in [-0.25, -0.2) is 0 Å². The second-order valence-corrected chi connectivity index (χ2v) is 15.8. The number of rotatable bonds is 2. The highest BCUT2D eigenvalue weighted by Gasteiger charge is 2.50. The molecule has 1 aromatic heterocycles. The van der Waals surface area contributed by atoms with Crippen LogP contribution >= 0.6 is 11.8 Å². The van der Waals surface area contributed by atoms with Crippen molar-refractivity contribution in [2.24, 2.45) is 0 Å². The minimum Gasteiger partial charge on any atom is -0.456 e. The van der Waals surface area contributed by atoms with Crippen LogP contribution in [0.25, 0.3) is 33.1 Å². The van der Waals surface area contributed by atoms with Gasteiger partial charge in [0, 0.05) is 54.6 Å². The second kappa shape index (κ2) is 10.6. The van der Waals surface area contributed by atoms with E-state index in [0.29, 0.717) is 0 Å². The first kappa shape index (κ1) is 29.1. The molecule has 5 heterocycles. The molecular weight excluding hydrogens is 674 g/mol. The molecule has 0 atom stereocenters. The van der Waals surface area contributed by atoms with E-state index in [2.05, 4.69) is 174 Å². The monoisotopic (exact) mass is 702 g/mol. The topological polar surface area (TPSA) is 19.6 Å². The van der Waals surface area contributed by atoms with Crippen molar-refractivity contribution in [1.29, 1.82) is 0 Å². The maximum absolute atomic E-state index is 6.26. The third kappa shape index (κ3) is 3.71. The lowest BCUT2D eigenvalue weighted by Gasteiger charge is -2.49. The molecule has 0 bridgehead atoms. The Bertz CT molecular complexity index is 3090. The van der Waals surface area contributed by atoms with Gasteiger partial charge in [-0.2, -0.15) is 0 Å². The van der Waals surface area contributed by atoms with E-state index >= 15 is 0 Å². The zero-order valence-electron chi connectivity index (χ0n) is 29.0. The number of furan rings is 1. The molecule has 0 aliphatic carbocycles. The minimum absolute atomic E-state index is 0.0917. The van der Waals surface area contributed by atoms with Gasteiger partial charge in [0.25, 0.3) is 6.71 Å². The van der Waals surface area contributed by atoms with Crippen LogP contribution in [0.3, 0.4) is 0 Å². The molecule has 0 amide bonds. The normalized spacial score (nSPS) is 14.1. The molecule has 4 aliphatic heterocycles. The highest BCUT2D eigenvalue weighted by molar-refractivity contribution is 8.00. The lowest BCUT2D eigenvalue weighted by molar-refractivity contribution is 0.669. The minimum atomic E-state index is 0.0917. The van der Waals surface area contributed by atoms with Gasteiger partial charge in [0.05, 0.1) is 5.69 Å². The molecule has 0 radical (unpaired) electrons. The van der Waals surface area contributed by atoms with Crippen molar-refractivity contribution in [3.63, 3.8) is 0 Å². The zero-order valence-corrected chi connectivity index (χ0v) is 29.8. The molecule has 0 unspecified atom stereocenters. The third-order valence-corrected chi connectivity index (χ3v) is 13.3. The lowest BCUT2D eigenvalue weighted by Crippen LogP contribution is -2.68. The SMILES string of the molecule is c1ccc2c(c1)Sc1cc3c4c5c1B2c1ccccc1N5c1ccccc1B4c1ccccc1N3c1ccccc1-c1ccc2oc3ccccc3c2c1. The molecule has 0 fully saturated rings. The molecule has 8 aromatic carbocycles. The molecule has 0 saturated heterocycles. The first-order valence-electron chi connectivity index (χ1n) is 18.7. The van der Waals surface area contributed by atoms with Crippen molar-refractivity contribution in [1.82, 2.24) is 0 Å². The molecule has 0 N–H and O–H groups in total. The summed E-state index contributed by atoms with van der Waals surface area (Å²) >= 11 is 1.92. The van der Waals surface area contributed by atoms with Gasteiger partial charge in [-0.05, 0) is 87.5 Å². The van der Waals surface area contributed by atoms with Crippen LogP contribution in [0.15, 0.2) is 184 Å². The van der Waals surface area contributed by atoms with Crippen molar-refractivity contribution in [2.45, 2.75) is 9.79 Å². The summed E-state index contributed by atoms with van der Waals surface area (Å²) in [6.07, 6.45) is 0. The Morgan fingerprint density at radius 2 is 0.981 bits per heavy atom. The van der Waals surface area contributed by atoms with Gasteiger partial charge in [0.2, 0.25) is 6.71 Å². The molecule has 9 aromatic rings. The maximum Gasteiger partial charge on any atom is 0.252 e. The number of hydrogen-bond donors (Lipinski definition) is 0. The quantitative estimate of drug-likeness (QED) is 0.168. The first-order valence-corrected chi connectivity index (χ1v) is 19.5. The number of benzene rings is 8. The van der Waals surface area contributed by atoms with Crippen LogP contribution in [-0.4, -0.2) is 13.4 Å². The van der Waals surface area contributed by atoms with E-state index in [9.17, 15) is 0 Å². The summed E-state index contributed by atoms with van der Waals surface area (Å²) in [5.74, 6) is 0. The first-order chi connectivity index (χ1) is 26.8. The highest BCUT2D eigenvalue weighted by Crippen LogP contribution is 2.49. The van der Waals surface area contributed by atoms with Crippen LogP contribution < -0.4 is 42.6 Å². The Hall–Kier alpha value is -6.36. The summed E-state index contributed by atoms with van der Waals surface area (Å²) in [5, 5.41) is 2.28. The van der Waals surface area contributed by atoms with Gasteiger partial charge in [-0.15, -0.1) is 0 Å². The zero-order chi connectivity index (χ0) is 35.1. The molecule has 0 spiro atoms. The standard InChI is InChI=1S/C48H28B2N2OS/c1-7-19-37(30(13-1)29-25-26-43-32(27-29)31-14-2-11-23-42(31)53-43)51-38-20-8-3-15-33(38)49-34-16-4-9-21-39(34)52-40-22-10-5-17-35(40)50-36-18-6-12-24-44(36)54-45-28-41(51)46(49)48(52)47(45)50/h1-28H. The molecule has 4 aliphatic rings. The van der Waals surface area contributed by atoms with Crippen LogP contribution in [0, 0.1) is 0 Å². The summed E-state index contributed by atoms with van der Waals surface area (Å²) in [7, 11) is 0. The van der Waals surface area contributed by atoms with Gasteiger partial charge in [-0.3, -0.25) is 0 Å². The largest absolute Gasteiger partial charge is 0.456 e. The summed E-state index contributed by atoms with van der Waals surface area (Å²) in [5.41, 5.74) is 20.0. The number of para-hydroxylation sites is 5. The Balaban J connectivity index is 1.13. The fraction of sp³-hybridized carbons (Fsp3) is 0. The molecule has 13 rings (SSSR count). The molecular formula is C48H28B2N2OS. The summed E-state index contributed by atoms with van der Waals surface area (Å²) in [6.45, 7) is 0.250. The number of anilines is 6. The average molecular weight is 702 g/mol. The Morgan fingerprint density at radius 3 is 1.74 bits per heavy atom. The van der Waals surface area contributed by atoms with Crippen LogP contribution in [-0.2, 0) is 0 Å². The van der Waals surface area contributed by atoms with Crippen molar-refractivity contribution >= 4 is 114 Å². The van der Waals surface area contributed by atoms with E-state index in [4.69, 9.17) is 4.42 Å². The summed E-state index contributed by atoms with van der Waals surface area (Å²) in [6, 6.07) is 62.8. The Labute approximate surface area is 317 Å². The second-order valence-electron chi connectivity index (χ2n) is 14.7. The van der Waals surface area contributed by atoms with E-state index in [-0.39, 0.29) is 13.4 Å². The van der Waals surface area contributed by atoms with Gasteiger partial charge >= 0.3 is 0 Å². The molecule has 3 nitrogen and oxygen atoms in total. The van der Waals surface area contributed by atoms with E-state index in [1.807, 2.05) is 17.8 Å². The van der Waals surface area contributed by atoms with E-state index < -0.39 is 0 Å². The fourth-order valence-corrected chi connectivity index (χ4v) is 11.2. The number of fused-ring (bicyclic) bond motifs is 13. The van der Waals surface area contributed by atoms with Crippen molar-refractivity contribution in [3.8, 4) is 11.1 Å². The van der Waals surface area contributed by atoms with Crippen molar-refractivity contribution in [3.05, 3.63) is 170 Å². The van der Waals surface area contributed by atoms with Gasteiger partial charge in [0.15, 0.2) is 0 Å². The Morgan fingerprint density at radius 1 is 0.407 bits per heavy atom. The van der Waals surface area contributed by atoms with Crippen molar-refractivity contribution in [2.75, 3.05) is 9.80 Å². The summed E-state index contributed by atoms with van der Waals surface area (Å²) in [4.78, 5) is 7.83. The van der Waals surface area contributed by atoms with Crippen LogP contribution in [0.2, 0.25) is 0 Å². The smallest absolute Gasteiger partial charge is 0.252 e. The molecule has 0 saturated carbocycles. The van der Waals surface area contributed by atoms with Gasteiger partial charge < -0.3 is 14.2 Å². The van der Waals surface area contributed by atoms with E-state index in [0.717, 1.165) is 21.9 Å².